The van der Waals surface area contributed by atoms with Gasteiger partial charge >= 0.3 is 5.97 Å². The SMILES string of the molecule is CCOC(=O)c1sc(N)c(C#N)c1CSc1nnc(-c2cccnc2)n1C1CCCCC1C. The number of nitriles is 1. The highest BCUT2D eigenvalue weighted by Gasteiger charge is 2.30. The summed E-state index contributed by atoms with van der Waals surface area (Å²) >= 11 is 2.56. The van der Waals surface area contributed by atoms with Gasteiger partial charge in [-0.2, -0.15) is 5.26 Å². The van der Waals surface area contributed by atoms with Gasteiger partial charge in [0.15, 0.2) is 11.0 Å². The monoisotopic (exact) mass is 482 g/mol. The number of aromatic nitrogens is 4. The molecule has 8 nitrogen and oxygen atoms in total. The molecule has 1 aliphatic carbocycles. The number of hydrogen-bond acceptors (Lipinski definition) is 9. The molecule has 3 aromatic heterocycles. The van der Waals surface area contributed by atoms with E-state index in [2.05, 4.69) is 32.7 Å². The number of pyridine rings is 1. The number of thioether (sulfide) groups is 1. The molecule has 0 bridgehead atoms. The van der Waals surface area contributed by atoms with Crippen LogP contribution >= 0.6 is 23.1 Å². The quantitative estimate of drug-likeness (QED) is 0.366. The van der Waals surface area contributed by atoms with Gasteiger partial charge in [-0.15, -0.1) is 21.5 Å². The van der Waals surface area contributed by atoms with Crippen LogP contribution in [-0.4, -0.2) is 32.3 Å². The number of anilines is 1. The van der Waals surface area contributed by atoms with E-state index < -0.39 is 5.97 Å². The van der Waals surface area contributed by atoms with Crippen molar-refractivity contribution in [3.63, 3.8) is 0 Å². The number of nitrogens with zero attached hydrogens (tertiary/aromatic N) is 5. The largest absolute Gasteiger partial charge is 0.462 e. The molecule has 4 rings (SSSR count). The third-order valence-corrected chi connectivity index (χ3v) is 7.95. The van der Waals surface area contributed by atoms with E-state index in [1.165, 1.54) is 18.2 Å². The van der Waals surface area contributed by atoms with Gasteiger partial charge in [0.2, 0.25) is 0 Å². The van der Waals surface area contributed by atoms with E-state index in [1.807, 2.05) is 12.1 Å². The summed E-state index contributed by atoms with van der Waals surface area (Å²) in [5.74, 6) is 1.20. The number of esters is 1. The van der Waals surface area contributed by atoms with Crippen LogP contribution in [0.3, 0.4) is 0 Å². The highest BCUT2D eigenvalue weighted by molar-refractivity contribution is 7.98. The van der Waals surface area contributed by atoms with Gasteiger partial charge in [-0.3, -0.25) is 9.55 Å². The van der Waals surface area contributed by atoms with Gasteiger partial charge in [-0.25, -0.2) is 4.79 Å². The van der Waals surface area contributed by atoms with Crippen molar-refractivity contribution in [1.29, 1.82) is 5.26 Å². The van der Waals surface area contributed by atoms with E-state index in [1.54, 1.807) is 19.3 Å². The molecule has 172 valence electrons. The van der Waals surface area contributed by atoms with E-state index in [0.29, 0.717) is 32.7 Å². The molecule has 1 saturated carbocycles. The first-order valence-electron chi connectivity index (χ1n) is 11.0. The maximum Gasteiger partial charge on any atom is 0.348 e. The first-order chi connectivity index (χ1) is 16.0. The molecule has 3 aromatic rings. The Bertz CT molecular complexity index is 1170. The molecule has 3 heterocycles. The zero-order chi connectivity index (χ0) is 23.4. The predicted octanol–water partition coefficient (Wildman–Crippen LogP) is 5.08. The lowest BCUT2D eigenvalue weighted by Crippen LogP contribution is -2.22. The number of rotatable bonds is 7. The van der Waals surface area contributed by atoms with Gasteiger partial charge in [0.1, 0.15) is 15.9 Å². The van der Waals surface area contributed by atoms with E-state index in [4.69, 9.17) is 10.5 Å². The Morgan fingerprint density at radius 3 is 2.91 bits per heavy atom. The maximum absolute atomic E-state index is 12.5. The summed E-state index contributed by atoms with van der Waals surface area (Å²) in [5, 5.41) is 19.8. The van der Waals surface area contributed by atoms with Gasteiger partial charge in [-0.05, 0) is 37.8 Å². The van der Waals surface area contributed by atoms with Gasteiger partial charge in [-0.1, -0.05) is 31.5 Å². The van der Waals surface area contributed by atoms with Crippen molar-refractivity contribution in [2.24, 2.45) is 5.92 Å². The molecule has 0 saturated heterocycles. The second-order valence-corrected chi connectivity index (χ2v) is 10.0. The van der Waals surface area contributed by atoms with E-state index in [-0.39, 0.29) is 12.6 Å². The summed E-state index contributed by atoms with van der Waals surface area (Å²) < 4.78 is 7.41. The van der Waals surface area contributed by atoms with Crippen molar-refractivity contribution in [2.45, 2.75) is 56.5 Å². The highest BCUT2D eigenvalue weighted by atomic mass is 32.2. The summed E-state index contributed by atoms with van der Waals surface area (Å²) in [6, 6.07) is 6.30. The van der Waals surface area contributed by atoms with Gasteiger partial charge in [0.05, 0.1) is 12.2 Å². The normalized spacial score (nSPS) is 18.1. The Balaban J connectivity index is 1.71. The molecule has 2 unspecified atom stereocenters. The molecule has 10 heteroatoms. The lowest BCUT2D eigenvalue weighted by Gasteiger charge is -2.31. The molecule has 2 N–H and O–H groups in total. The molecule has 0 spiro atoms. The molecular formula is C23H26N6O2S2. The van der Waals surface area contributed by atoms with Crippen molar-refractivity contribution < 1.29 is 9.53 Å². The zero-order valence-corrected chi connectivity index (χ0v) is 20.3. The fourth-order valence-electron chi connectivity index (χ4n) is 4.29. The minimum atomic E-state index is -0.454. The summed E-state index contributed by atoms with van der Waals surface area (Å²) in [6.07, 6.45) is 8.15. The van der Waals surface area contributed by atoms with Gasteiger partial charge in [0.25, 0.3) is 0 Å². The van der Waals surface area contributed by atoms with E-state index >= 15 is 0 Å². The fraction of sp³-hybridized carbons (Fsp3) is 0.435. The van der Waals surface area contributed by atoms with Crippen LogP contribution in [0, 0.1) is 17.2 Å². The highest BCUT2D eigenvalue weighted by Crippen LogP contribution is 2.41. The first-order valence-corrected chi connectivity index (χ1v) is 12.8. The molecule has 33 heavy (non-hydrogen) atoms. The number of carbonyl (C=O) groups excluding carboxylic acids is 1. The van der Waals surface area contributed by atoms with Crippen LogP contribution in [0.15, 0.2) is 29.7 Å². The maximum atomic E-state index is 12.5. The topological polar surface area (TPSA) is 120 Å². The van der Waals surface area contributed by atoms with Gasteiger partial charge < -0.3 is 10.5 Å². The molecule has 1 aliphatic rings. The van der Waals surface area contributed by atoms with Crippen molar-refractivity contribution in [3.05, 3.63) is 40.5 Å². The first kappa shape index (κ1) is 23.3. The number of hydrogen-bond donors (Lipinski definition) is 1. The Kier molecular flexibility index (Phi) is 7.30. The summed E-state index contributed by atoms with van der Waals surface area (Å²) in [6.45, 7) is 4.28. The third-order valence-electron chi connectivity index (χ3n) is 5.93. The molecular weight excluding hydrogens is 456 g/mol. The second kappa shape index (κ2) is 10.4. The minimum Gasteiger partial charge on any atom is -0.462 e. The summed E-state index contributed by atoms with van der Waals surface area (Å²) in [5.41, 5.74) is 7.88. The van der Waals surface area contributed by atoms with Crippen molar-refractivity contribution in [2.75, 3.05) is 12.3 Å². The zero-order valence-electron chi connectivity index (χ0n) is 18.7. The average molecular weight is 483 g/mol. The van der Waals surface area contributed by atoms with Crippen molar-refractivity contribution in [1.82, 2.24) is 19.7 Å². The molecule has 0 aliphatic heterocycles. The Labute approximate surface area is 201 Å². The average Bonchev–Trinajstić information content (AvgIpc) is 3.39. The van der Waals surface area contributed by atoms with Crippen LogP contribution in [0.25, 0.3) is 11.4 Å². The van der Waals surface area contributed by atoms with E-state index in [9.17, 15) is 10.1 Å². The molecule has 2 atom stereocenters. The molecule has 0 radical (unpaired) electrons. The van der Waals surface area contributed by atoms with E-state index in [0.717, 1.165) is 47.1 Å². The second-order valence-electron chi connectivity index (χ2n) is 8.02. The summed E-state index contributed by atoms with van der Waals surface area (Å²) in [4.78, 5) is 17.1. The van der Waals surface area contributed by atoms with Gasteiger partial charge in [0, 0.05) is 35.3 Å². The number of nitrogens with two attached hydrogens (primary N) is 1. The minimum absolute atomic E-state index is 0.257. The van der Waals surface area contributed by atoms with Crippen molar-refractivity contribution >= 4 is 34.1 Å². The number of thiophene rings is 1. The fourth-order valence-corrected chi connectivity index (χ4v) is 6.33. The molecule has 0 amide bonds. The van der Waals surface area contributed by atoms with Crippen LogP contribution < -0.4 is 5.73 Å². The van der Waals surface area contributed by atoms with Crippen LogP contribution in [0.2, 0.25) is 0 Å². The van der Waals surface area contributed by atoms with Crippen LogP contribution in [0.4, 0.5) is 5.00 Å². The number of carbonyl (C=O) groups is 1. The number of ether oxygens (including phenoxy) is 1. The van der Waals surface area contributed by atoms with Crippen LogP contribution in [-0.2, 0) is 10.5 Å². The third kappa shape index (κ3) is 4.75. The number of nitrogen functional groups attached to an aromatic ring is 1. The lowest BCUT2D eigenvalue weighted by molar-refractivity contribution is 0.0531. The molecule has 0 aromatic carbocycles. The van der Waals surface area contributed by atoms with Crippen LogP contribution in [0.5, 0.6) is 0 Å². The summed E-state index contributed by atoms with van der Waals surface area (Å²) in [7, 11) is 0. The van der Waals surface area contributed by atoms with Crippen molar-refractivity contribution in [3.8, 4) is 17.5 Å². The lowest BCUT2D eigenvalue weighted by atomic mass is 9.85. The Hall–Kier alpha value is -2.90. The van der Waals surface area contributed by atoms with Crippen LogP contribution in [0.1, 0.15) is 66.4 Å². The predicted molar refractivity (Wildman–Crippen MR) is 129 cm³/mol. The Morgan fingerprint density at radius 2 is 2.21 bits per heavy atom. The Morgan fingerprint density at radius 1 is 1.39 bits per heavy atom. The standard InChI is InChI=1S/C23H26N6O2S2/c1-3-31-22(30)19-17(16(11-24)20(25)33-19)13-32-23-28-27-21(15-8-6-10-26-12-15)29(23)18-9-5-4-7-14(18)2/h6,8,10,12,14,18H,3-5,7,9,13,25H2,1-2H3. The molecule has 1 fully saturated rings. The smallest absolute Gasteiger partial charge is 0.348 e.